The van der Waals surface area contributed by atoms with Crippen LogP contribution in [-0.4, -0.2) is 56.8 Å². The summed E-state index contributed by atoms with van der Waals surface area (Å²) in [5.41, 5.74) is 2.59. The van der Waals surface area contributed by atoms with E-state index in [0.717, 1.165) is 55.0 Å². The van der Waals surface area contributed by atoms with Crippen molar-refractivity contribution in [1.29, 1.82) is 0 Å². The monoisotopic (exact) mass is 379 g/mol. The number of nitrogens with zero attached hydrogens (tertiary/aromatic N) is 6. The summed E-state index contributed by atoms with van der Waals surface area (Å²) < 4.78 is 7.37. The Labute approximate surface area is 161 Å². The van der Waals surface area contributed by atoms with Crippen molar-refractivity contribution in [3.05, 3.63) is 35.5 Å². The normalized spacial score (nSPS) is 16.8. The van der Waals surface area contributed by atoms with Crippen molar-refractivity contribution in [2.75, 3.05) is 24.6 Å². The second kappa shape index (κ2) is 6.74. The predicted molar refractivity (Wildman–Crippen MR) is 102 cm³/mol. The van der Waals surface area contributed by atoms with E-state index in [1.54, 1.807) is 10.9 Å². The number of nitrogens with one attached hydrogen (secondary N) is 1. The molecule has 28 heavy (non-hydrogen) atoms. The smallest absolute Gasteiger partial charge is 0.253 e. The molecule has 2 aromatic heterocycles. The lowest BCUT2D eigenvalue weighted by Gasteiger charge is -2.32. The van der Waals surface area contributed by atoms with Gasteiger partial charge in [-0.15, -0.1) is 0 Å². The van der Waals surface area contributed by atoms with Gasteiger partial charge in [0.15, 0.2) is 0 Å². The number of aromatic nitrogens is 5. The standard InChI is InChI=1S/C19H21N7O2/c1-25-19(22-23-24-25)26-7-4-15(5-8-26)21-18(27)14-10-13-3-2-12-6-9-28-17(12)16(13)20-11-14/h2-3,10-11,15H,4-9H2,1H3,(H,21,27). The lowest BCUT2D eigenvalue weighted by molar-refractivity contribution is 0.0931. The van der Waals surface area contributed by atoms with Crippen LogP contribution in [0.2, 0.25) is 0 Å². The Morgan fingerprint density at radius 2 is 2.14 bits per heavy atom. The van der Waals surface area contributed by atoms with Crippen LogP contribution in [0.5, 0.6) is 5.75 Å². The average Bonchev–Trinajstić information content (AvgIpc) is 3.37. The second-order valence-electron chi connectivity index (χ2n) is 7.29. The molecule has 9 heteroatoms. The van der Waals surface area contributed by atoms with Gasteiger partial charge in [0.05, 0.1) is 12.2 Å². The van der Waals surface area contributed by atoms with Crippen molar-refractivity contribution in [2.45, 2.75) is 25.3 Å². The van der Waals surface area contributed by atoms with Crippen molar-refractivity contribution < 1.29 is 9.53 Å². The average molecular weight is 379 g/mol. The van der Waals surface area contributed by atoms with Crippen LogP contribution in [0.1, 0.15) is 28.8 Å². The molecule has 9 nitrogen and oxygen atoms in total. The van der Waals surface area contributed by atoms with Crippen LogP contribution >= 0.6 is 0 Å². The number of piperidine rings is 1. The van der Waals surface area contributed by atoms with Gasteiger partial charge in [0.1, 0.15) is 11.3 Å². The number of tetrazole rings is 1. The lowest BCUT2D eigenvalue weighted by Crippen LogP contribution is -2.45. The Bertz CT molecular complexity index is 1040. The fourth-order valence-electron chi connectivity index (χ4n) is 3.95. The highest BCUT2D eigenvalue weighted by molar-refractivity contribution is 5.98. The van der Waals surface area contributed by atoms with E-state index in [4.69, 9.17) is 4.74 Å². The van der Waals surface area contributed by atoms with Crippen LogP contribution in [0.25, 0.3) is 10.9 Å². The molecule has 1 fully saturated rings. The molecule has 0 bridgehead atoms. The third-order valence-corrected chi connectivity index (χ3v) is 5.48. The zero-order valence-corrected chi connectivity index (χ0v) is 15.6. The van der Waals surface area contributed by atoms with Gasteiger partial charge in [-0.1, -0.05) is 17.2 Å². The van der Waals surface area contributed by atoms with E-state index in [0.29, 0.717) is 12.2 Å². The molecule has 1 saturated heterocycles. The van der Waals surface area contributed by atoms with Crippen molar-refractivity contribution >= 4 is 22.8 Å². The maximum atomic E-state index is 12.7. The van der Waals surface area contributed by atoms with Gasteiger partial charge in [-0.05, 0) is 34.9 Å². The first kappa shape index (κ1) is 16.9. The molecule has 5 rings (SSSR count). The minimum atomic E-state index is -0.0883. The highest BCUT2D eigenvalue weighted by atomic mass is 16.5. The third kappa shape index (κ3) is 2.92. The molecule has 3 aromatic rings. The molecule has 1 amide bonds. The molecular weight excluding hydrogens is 358 g/mol. The fraction of sp³-hybridized carbons (Fsp3) is 0.421. The van der Waals surface area contributed by atoms with E-state index < -0.39 is 0 Å². The largest absolute Gasteiger partial charge is 0.491 e. The van der Waals surface area contributed by atoms with Gasteiger partial charge < -0.3 is 15.0 Å². The molecule has 1 N–H and O–H groups in total. The molecule has 0 radical (unpaired) electrons. The van der Waals surface area contributed by atoms with Crippen LogP contribution in [0, 0.1) is 0 Å². The molecular formula is C19H21N7O2. The highest BCUT2D eigenvalue weighted by Gasteiger charge is 2.24. The Morgan fingerprint density at radius 1 is 1.29 bits per heavy atom. The molecule has 4 heterocycles. The summed E-state index contributed by atoms with van der Waals surface area (Å²) in [5, 5.41) is 15.7. The number of rotatable bonds is 3. The molecule has 144 valence electrons. The zero-order valence-electron chi connectivity index (χ0n) is 15.6. The van der Waals surface area contributed by atoms with E-state index >= 15 is 0 Å². The molecule has 0 aliphatic carbocycles. The fourth-order valence-corrected chi connectivity index (χ4v) is 3.95. The summed E-state index contributed by atoms with van der Waals surface area (Å²) in [7, 11) is 1.83. The van der Waals surface area contributed by atoms with E-state index in [-0.39, 0.29) is 11.9 Å². The van der Waals surface area contributed by atoms with E-state index in [1.807, 2.05) is 19.2 Å². The molecule has 0 saturated carbocycles. The number of fused-ring (bicyclic) bond motifs is 3. The van der Waals surface area contributed by atoms with Crippen LogP contribution in [-0.2, 0) is 13.5 Å². The number of carbonyl (C=O) groups excluding carboxylic acids is 1. The lowest BCUT2D eigenvalue weighted by atomic mass is 10.0. The van der Waals surface area contributed by atoms with Crippen LogP contribution < -0.4 is 15.0 Å². The Hall–Kier alpha value is -3.23. The van der Waals surface area contributed by atoms with E-state index in [1.165, 1.54) is 5.56 Å². The maximum absolute atomic E-state index is 12.7. The Balaban J connectivity index is 1.26. The minimum Gasteiger partial charge on any atom is -0.491 e. The Kier molecular flexibility index (Phi) is 4.07. The van der Waals surface area contributed by atoms with Crippen molar-refractivity contribution in [3.63, 3.8) is 0 Å². The maximum Gasteiger partial charge on any atom is 0.253 e. The summed E-state index contributed by atoms with van der Waals surface area (Å²) in [4.78, 5) is 19.4. The van der Waals surface area contributed by atoms with Crippen molar-refractivity contribution in [3.8, 4) is 5.75 Å². The van der Waals surface area contributed by atoms with E-state index in [9.17, 15) is 4.79 Å². The first-order chi connectivity index (χ1) is 13.7. The van der Waals surface area contributed by atoms with Crippen molar-refractivity contribution in [2.24, 2.45) is 7.05 Å². The van der Waals surface area contributed by atoms with Gasteiger partial charge in [0, 0.05) is 44.2 Å². The first-order valence-corrected chi connectivity index (χ1v) is 9.51. The number of anilines is 1. The van der Waals surface area contributed by atoms with Gasteiger partial charge >= 0.3 is 0 Å². The summed E-state index contributed by atoms with van der Waals surface area (Å²) >= 11 is 0. The number of carbonyl (C=O) groups is 1. The van der Waals surface area contributed by atoms with Crippen LogP contribution in [0.3, 0.4) is 0 Å². The molecule has 0 spiro atoms. The Morgan fingerprint density at radius 3 is 2.93 bits per heavy atom. The second-order valence-corrected chi connectivity index (χ2v) is 7.29. The minimum absolute atomic E-state index is 0.0883. The van der Waals surface area contributed by atoms with Gasteiger partial charge in [0.25, 0.3) is 5.91 Å². The molecule has 1 aromatic carbocycles. The number of benzene rings is 1. The first-order valence-electron chi connectivity index (χ1n) is 9.51. The van der Waals surface area contributed by atoms with Crippen LogP contribution in [0.4, 0.5) is 5.95 Å². The summed E-state index contributed by atoms with van der Waals surface area (Å²) in [5.74, 6) is 1.53. The van der Waals surface area contributed by atoms with Gasteiger partial charge in [-0.2, -0.15) is 0 Å². The van der Waals surface area contributed by atoms with Gasteiger partial charge in [-0.25, -0.2) is 4.68 Å². The number of hydrogen-bond donors (Lipinski definition) is 1. The zero-order chi connectivity index (χ0) is 19.1. The summed E-state index contributed by atoms with van der Waals surface area (Å²) in [6.45, 7) is 2.30. The summed E-state index contributed by atoms with van der Waals surface area (Å²) in [6.07, 6.45) is 4.25. The number of pyridine rings is 1. The number of hydrogen-bond acceptors (Lipinski definition) is 7. The number of amides is 1. The predicted octanol–water partition coefficient (Wildman–Crippen LogP) is 1.09. The van der Waals surface area contributed by atoms with Crippen molar-refractivity contribution in [1.82, 2.24) is 30.5 Å². The number of aryl methyl sites for hydroxylation is 1. The van der Waals surface area contributed by atoms with E-state index in [2.05, 4.69) is 36.8 Å². The quantitative estimate of drug-likeness (QED) is 0.727. The highest BCUT2D eigenvalue weighted by Crippen LogP contribution is 2.32. The SMILES string of the molecule is Cn1nnnc1N1CCC(NC(=O)c2cnc3c4c(ccc3c2)CCO4)CC1. The molecule has 2 aliphatic heterocycles. The molecule has 0 unspecified atom stereocenters. The van der Waals surface area contributed by atoms with Gasteiger partial charge in [-0.3, -0.25) is 9.78 Å². The molecule has 2 aliphatic rings. The molecule has 0 atom stereocenters. The topological polar surface area (TPSA) is 98.1 Å². The van der Waals surface area contributed by atoms with Gasteiger partial charge in [0.2, 0.25) is 5.95 Å². The summed E-state index contributed by atoms with van der Waals surface area (Å²) in [6, 6.07) is 6.09. The van der Waals surface area contributed by atoms with Crippen LogP contribution in [0.15, 0.2) is 24.4 Å². The number of ether oxygens (including phenoxy) is 1. The third-order valence-electron chi connectivity index (χ3n) is 5.48.